The van der Waals surface area contributed by atoms with Gasteiger partial charge in [-0.25, -0.2) is 4.79 Å². The minimum Gasteiger partial charge on any atom is -0.275 e. The topological polar surface area (TPSA) is 73.2 Å². The number of carbonyl (C=O) groups is 2. The summed E-state index contributed by atoms with van der Waals surface area (Å²) < 4.78 is 39.8. The lowest BCUT2D eigenvalue weighted by Gasteiger charge is -2.32. The van der Waals surface area contributed by atoms with Gasteiger partial charge in [0.1, 0.15) is 0 Å². The van der Waals surface area contributed by atoms with Crippen molar-refractivity contribution in [3.05, 3.63) is 65.2 Å². The maximum absolute atomic E-state index is 13.3. The van der Waals surface area contributed by atoms with Crippen LogP contribution in [0, 0.1) is 17.4 Å². The number of hydrogen-bond acceptors (Lipinski definition) is 3. The molecule has 1 aliphatic heterocycles. The lowest BCUT2D eigenvalue weighted by atomic mass is 9.90. The van der Waals surface area contributed by atoms with E-state index in [4.69, 9.17) is 5.26 Å². The Morgan fingerprint density at radius 3 is 2.42 bits per heavy atom. The third kappa shape index (κ3) is 2.58. The van der Waals surface area contributed by atoms with E-state index in [1.54, 1.807) is 12.1 Å². The molecule has 131 valence electrons. The van der Waals surface area contributed by atoms with Crippen LogP contribution in [0.5, 0.6) is 0 Å². The number of nitrogens with zero attached hydrogens (tertiary/aromatic N) is 2. The number of rotatable bonds is 2. The number of carbonyl (C=O) groups excluding carboxylic acids is 2. The van der Waals surface area contributed by atoms with E-state index in [-0.39, 0.29) is 5.69 Å². The average Bonchev–Trinajstić information content (AvgIpc) is 2.84. The molecule has 2 aromatic carbocycles. The van der Waals surface area contributed by atoms with E-state index < -0.39 is 34.8 Å². The van der Waals surface area contributed by atoms with Crippen molar-refractivity contribution in [2.45, 2.75) is 18.6 Å². The molecule has 1 fully saturated rings. The lowest BCUT2D eigenvalue weighted by molar-refractivity contribution is -0.137. The van der Waals surface area contributed by atoms with E-state index in [9.17, 15) is 22.8 Å². The van der Waals surface area contributed by atoms with E-state index in [0.717, 1.165) is 11.0 Å². The van der Waals surface area contributed by atoms with Crippen molar-refractivity contribution in [3.63, 3.8) is 0 Å². The fourth-order valence-electron chi connectivity index (χ4n) is 2.93. The molecule has 2 aromatic rings. The predicted molar refractivity (Wildman–Crippen MR) is 84.8 cm³/mol. The molecule has 0 unspecified atom stereocenters. The van der Waals surface area contributed by atoms with Gasteiger partial charge in [-0.15, -0.1) is 0 Å². The van der Waals surface area contributed by atoms with Crippen molar-refractivity contribution in [1.82, 2.24) is 5.32 Å². The number of hydrogen-bond donors (Lipinski definition) is 1. The number of halogens is 3. The van der Waals surface area contributed by atoms with Crippen LogP contribution in [0.4, 0.5) is 23.7 Å². The van der Waals surface area contributed by atoms with Crippen molar-refractivity contribution in [1.29, 1.82) is 5.26 Å². The summed E-state index contributed by atoms with van der Waals surface area (Å²) in [5.41, 5.74) is -3.01. The standard InChI is InChI=1S/C18H11F3N3O2/c1-17(12-5-3-2-4-6-12)15(25)23-16(26)24(17)13-8-7-11(10-22)14(9-13)18(19,20)21/h3-9H,1H3,(H,23,25,26)/t17-/m1/s1. The van der Waals surface area contributed by atoms with Gasteiger partial charge in [-0.1, -0.05) is 24.3 Å². The van der Waals surface area contributed by atoms with Gasteiger partial charge in [0, 0.05) is 5.69 Å². The molecule has 1 N–H and O–H groups in total. The zero-order valence-corrected chi connectivity index (χ0v) is 13.4. The van der Waals surface area contributed by atoms with E-state index in [1.807, 2.05) is 0 Å². The molecule has 8 heteroatoms. The fraction of sp³-hybridized carbons (Fsp3) is 0.167. The quantitative estimate of drug-likeness (QED) is 0.837. The van der Waals surface area contributed by atoms with Crippen LogP contribution in [-0.2, 0) is 16.5 Å². The highest BCUT2D eigenvalue weighted by molar-refractivity contribution is 6.17. The van der Waals surface area contributed by atoms with Gasteiger partial charge in [0.2, 0.25) is 0 Å². The molecule has 1 radical (unpaired) electrons. The van der Waals surface area contributed by atoms with Crippen molar-refractivity contribution >= 4 is 17.6 Å². The first kappa shape index (κ1) is 17.5. The summed E-state index contributed by atoms with van der Waals surface area (Å²) >= 11 is 0. The Bertz CT molecular complexity index is 935. The molecule has 5 nitrogen and oxygen atoms in total. The minimum absolute atomic E-state index is 0.144. The third-order valence-electron chi connectivity index (χ3n) is 4.28. The third-order valence-corrected chi connectivity index (χ3v) is 4.28. The average molecular weight is 358 g/mol. The number of benzene rings is 2. The summed E-state index contributed by atoms with van der Waals surface area (Å²) in [5.74, 6) is -0.661. The van der Waals surface area contributed by atoms with Crippen LogP contribution in [0.2, 0.25) is 0 Å². The van der Waals surface area contributed by atoms with Gasteiger partial charge in [-0.3, -0.25) is 15.0 Å². The van der Waals surface area contributed by atoms with E-state index >= 15 is 0 Å². The SMILES string of the molecule is C[C@@]1(c2cc[c]cc2)C(=O)NC(=O)N1c1ccc(C#N)c(C(F)(F)F)c1. The molecule has 26 heavy (non-hydrogen) atoms. The number of alkyl halides is 3. The Morgan fingerprint density at radius 1 is 1.19 bits per heavy atom. The molecule has 0 bridgehead atoms. The second-order valence-corrected chi connectivity index (χ2v) is 5.80. The van der Waals surface area contributed by atoms with Crippen molar-refractivity contribution in [3.8, 4) is 6.07 Å². The van der Waals surface area contributed by atoms with Crippen LogP contribution < -0.4 is 10.2 Å². The molecule has 1 aliphatic rings. The highest BCUT2D eigenvalue weighted by atomic mass is 19.4. The molecule has 0 aliphatic carbocycles. The number of imide groups is 1. The van der Waals surface area contributed by atoms with Gasteiger partial charge in [0.25, 0.3) is 5.91 Å². The van der Waals surface area contributed by atoms with E-state index in [0.29, 0.717) is 11.6 Å². The van der Waals surface area contributed by atoms with E-state index in [1.165, 1.54) is 31.2 Å². The van der Waals surface area contributed by atoms with Gasteiger partial charge in [0.15, 0.2) is 5.54 Å². The molecular weight excluding hydrogens is 347 g/mol. The van der Waals surface area contributed by atoms with Crippen molar-refractivity contribution in [2.24, 2.45) is 0 Å². The summed E-state index contributed by atoms with van der Waals surface area (Å²) in [5, 5.41) is 11.0. The molecule has 0 spiro atoms. The zero-order chi connectivity index (χ0) is 19.1. The number of nitrogens with one attached hydrogen (secondary N) is 1. The first-order valence-electron chi connectivity index (χ1n) is 7.43. The number of anilines is 1. The highest BCUT2D eigenvalue weighted by Crippen LogP contribution is 2.40. The molecule has 3 amide bonds. The van der Waals surface area contributed by atoms with Gasteiger partial charge in [-0.05, 0) is 36.8 Å². The Kier molecular flexibility index (Phi) is 3.95. The summed E-state index contributed by atoms with van der Waals surface area (Å²) in [7, 11) is 0. The van der Waals surface area contributed by atoms with Crippen LogP contribution in [-0.4, -0.2) is 11.9 Å². The van der Waals surface area contributed by atoms with E-state index in [2.05, 4.69) is 11.4 Å². The first-order chi connectivity index (χ1) is 12.2. The van der Waals surface area contributed by atoms with Crippen LogP contribution in [0.1, 0.15) is 23.6 Å². The minimum atomic E-state index is -4.78. The molecule has 1 heterocycles. The summed E-state index contributed by atoms with van der Waals surface area (Å²) in [6.07, 6.45) is -4.78. The molecule has 1 saturated heterocycles. The van der Waals surface area contributed by atoms with Crippen LogP contribution >= 0.6 is 0 Å². The van der Waals surface area contributed by atoms with Gasteiger partial charge >= 0.3 is 12.2 Å². The first-order valence-corrected chi connectivity index (χ1v) is 7.43. The lowest BCUT2D eigenvalue weighted by Crippen LogP contribution is -2.44. The van der Waals surface area contributed by atoms with Crippen molar-refractivity contribution < 1.29 is 22.8 Å². The maximum atomic E-state index is 13.3. The summed E-state index contributed by atoms with van der Waals surface area (Å²) in [6, 6.07) is 12.5. The maximum Gasteiger partial charge on any atom is 0.417 e. The highest BCUT2D eigenvalue weighted by Gasteiger charge is 2.51. The second kappa shape index (κ2) is 5.88. The molecule has 3 rings (SSSR count). The summed E-state index contributed by atoms with van der Waals surface area (Å²) in [6.45, 7) is 1.44. The molecule has 1 atom stereocenters. The Hall–Kier alpha value is -3.34. The number of amides is 3. The molecule has 0 aromatic heterocycles. The number of nitriles is 1. The fourth-order valence-corrected chi connectivity index (χ4v) is 2.93. The van der Waals surface area contributed by atoms with Gasteiger partial charge in [0.05, 0.1) is 17.2 Å². The number of urea groups is 1. The molecule has 0 saturated carbocycles. The Morgan fingerprint density at radius 2 is 1.85 bits per heavy atom. The Balaban J connectivity index is 2.20. The molecular formula is C18H11F3N3O2. The van der Waals surface area contributed by atoms with Gasteiger partial charge < -0.3 is 0 Å². The van der Waals surface area contributed by atoms with Crippen molar-refractivity contribution in [2.75, 3.05) is 4.90 Å². The zero-order valence-electron chi connectivity index (χ0n) is 13.4. The smallest absolute Gasteiger partial charge is 0.275 e. The van der Waals surface area contributed by atoms with Crippen LogP contribution in [0.15, 0.2) is 42.5 Å². The van der Waals surface area contributed by atoms with Gasteiger partial charge in [-0.2, -0.15) is 18.4 Å². The second-order valence-electron chi connectivity index (χ2n) is 5.80. The van der Waals surface area contributed by atoms with Crippen LogP contribution in [0.25, 0.3) is 0 Å². The largest absolute Gasteiger partial charge is 0.417 e. The monoisotopic (exact) mass is 358 g/mol. The predicted octanol–water partition coefficient (Wildman–Crippen LogP) is 3.35. The normalized spacial score (nSPS) is 20.0. The Labute approximate surface area is 146 Å². The summed E-state index contributed by atoms with van der Waals surface area (Å²) in [4.78, 5) is 25.7. The van der Waals surface area contributed by atoms with Crippen LogP contribution in [0.3, 0.4) is 0 Å².